The predicted molar refractivity (Wildman–Crippen MR) is 62.6 cm³/mol. The number of ether oxygens (including phenoxy) is 1. The number of amides is 1. The highest BCUT2D eigenvalue weighted by Crippen LogP contribution is 2.07. The standard InChI is InChI=1S/C11H15N3O3/c1-11(2,3)17-10(16)14-13-9-6-4-5-8(7-15)12-9/h4-7H,1-3H3,(H,12,13)(H,14,16). The van der Waals surface area contributed by atoms with Crippen LogP contribution in [-0.4, -0.2) is 23.0 Å². The van der Waals surface area contributed by atoms with E-state index in [1.165, 1.54) is 0 Å². The van der Waals surface area contributed by atoms with E-state index >= 15 is 0 Å². The molecule has 1 rings (SSSR count). The van der Waals surface area contributed by atoms with Crippen LogP contribution in [0.1, 0.15) is 31.3 Å². The van der Waals surface area contributed by atoms with Crippen molar-refractivity contribution in [1.82, 2.24) is 10.4 Å². The summed E-state index contributed by atoms with van der Waals surface area (Å²) < 4.78 is 5.01. The van der Waals surface area contributed by atoms with Crippen molar-refractivity contribution in [2.24, 2.45) is 0 Å². The zero-order chi connectivity index (χ0) is 12.9. The van der Waals surface area contributed by atoms with Crippen LogP contribution in [0.5, 0.6) is 0 Å². The molecule has 0 aliphatic carbocycles. The molecule has 1 amide bonds. The van der Waals surface area contributed by atoms with Gasteiger partial charge in [0.2, 0.25) is 0 Å². The highest BCUT2D eigenvalue weighted by molar-refractivity contribution is 5.73. The Morgan fingerprint density at radius 1 is 1.41 bits per heavy atom. The summed E-state index contributed by atoms with van der Waals surface area (Å²) in [5.74, 6) is 0.362. The second kappa shape index (κ2) is 5.29. The van der Waals surface area contributed by atoms with E-state index in [2.05, 4.69) is 15.8 Å². The van der Waals surface area contributed by atoms with Crippen molar-refractivity contribution in [2.75, 3.05) is 5.43 Å². The summed E-state index contributed by atoms with van der Waals surface area (Å²) in [5.41, 5.74) is 4.58. The molecule has 0 atom stereocenters. The molecule has 0 bridgehead atoms. The molecule has 0 saturated carbocycles. The third kappa shape index (κ3) is 4.96. The van der Waals surface area contributed by atoms with Gasteiger partial charge in [0, 0.05) is 0 Å². The Bertz CT molecular complexity index is 413. The van der Waals surface area contributed by atoms with Crippen molar-refractivity contribution in [3.63, 3.8) is 0 Å². The molecule has 1 aromatic rings. The predicted octanol–water partition coefficient (Wildman–Crippen LogP) is 1.75. The molecular weight excluding hydrogens is 222 g/mol. The number of carbonyl (C=O) groups is 2. The molecule has 0 saturated heterocycles. The number of hydrazine groups is 1. The Morgan fingerprint density at radius 2 is 2.12 bits per heavy atom. The third-order valence-electron chi connectivity index (χ3n) is 1.58. The largest absolute Gasteiger partial charge is 0.443 e. The molecule has 0 aromatic carbocycles. The molecule has 6 heteroatoms. The zero-order valence-corrected chi connectivity index (χ0v) is 9.98. The summed E-state index contributed by atoms with van der Waals surface area (Å²) in [5, 5.41) is 0. The number of anilines is 1. The second-order valence-corrected chi connectivity index (χ2v) is 4.32. The number of nitrogens with one attached hydrogen (secondary N) is 2. The van der Waals surface area contributed by atoms with Gasteiger partial charge in [-0.3, -0.25) is 10.2 Å². The Kier molecular flexibility index (Phi) is 4.03. The van der Waals surface area contributed by atoms with Crippen molar-refractivity contribution in [2.45, 2.75) is 26.4 Å². The summed E-state index contributed by atoms with van der Waals surface area (Å²) in [6.45, 7) is 5.29. The van der Waals surface area contributed by atoms with Crippen molar-refractivity contribution >= 4 is 18.2 Å². The van der Waals surface area contributed by atoms with Crippen LogP contribution in [0.2, 0.25) is 0 Å². The first kappa shape index (κ1) is 13.0. The first-order valence-corrected chi connectivity index (χ1v) is 5.08. The number of aromatic nitrogens is 1. The SMILES string of the molecule is CC(C)(C)OC(=O)NNc1cccc(C=O)n1. The van der Waals surface area contributed by atoms with Crippen LogP contribution in [0.15, 0.2) is 18.2 Å². The number of hydrogen-bond acceptors (Lipinski definition) is 5. The van der Waals surface area contributed by atoms with Crippen LogP contribution in [0.3, 0.4) is 0 Å². The van der Waals surface area contributed by atoms with Crippen LogP contribution in [0, 0.1) is 0 Å². The first-order chi connectivity index (χ1) is 7.90. The third-order valence-corrected chi connectivity index (χ3v) is 1.58. The lowest BCUT2D eigenvalue weighted by Gasteiger charge is -2.19. The Hall–Kier alpha value is -2.11. The molecule has 0 fully saturated rings. The Balaban J connectivity index is 2.50. The minimum absolute atomic E-state index is 0.279. The van der Waals surface area contributed by atoms with Gasteiger partial charge in [0.05, 0.1) is 0 Å². The van der Waals surface area contributed by atoms with E-state index in [9.17, 15) is 9.59 Å². The van der Waals surface area contributed by atoms with Gasteiger partial charge >= 0.3 is 6.09 Å². The average molecular weight is 237 g/mol. The maximum atomic E-state index is 11.3. The van der Waals surface area contributed by atoms with E-state index in [0.717, 1.165) is 0 Å². The molecule has 2 N–H and O–H groups in total. The molecule has 17 heavy (non-hydrogen) atoms. The summed E-state index contributed by atoms with van der Waals surface area (Å²) in [6.07, 6.45) is 0.00867. The fourth-order valence-electron chi connectivity index (χ4n) is 1.01. The lowest BCUT2D eigenvalue weighted by Crippen LogP contribution is -2.36. The molecule has 1 aromatic heterocycles. The minimum atomic E-state index is -0.615. The lowest BCUT2D eigenvalue weighted by atomic mass is 10.2. The maximum Gasteiger partial charge on any atom is 0.426 e. The van der Waals surface area contributed by atoms with Crippen LogP contribution < -0.4 is 10.9 Å². The van der Waals surface area contributed by atoms with Crippen molar-refractivity contribution in [1.29, 1.82) is 0 Å². The fraction of sp³-hybridized carbons (Fsp3) is 0.364. The van der Waals surface area contributed by atoms with E-state index in [0.29, 0.717) is 12.1 Å². The van der Waals surface area contributed by atoms with Crippen LogP contribution in [0.4, 0.5) is 10.6 Å². The van der Waals surface area contributed by atoms with E-state index in [-0.39, 0.29) is 5.69 Å². The topological polar surface area (TPSA) is 80.3 Å². The van der Waals surface area contributed by atoms with Gasteiger partial charge in [0.1, 0.15) is 17.1 Å². The van der Waals surface area contributed by atoms with Gasteiger partial charge in [-0.25, -0.2) is 15.2 Å². The highest BCUT2D eigenvalue weighted by atomic mass is 16.6. The Labute approximate surface area is 99.3 Å². The monoisotopic (exact) mass is 237 g/mol. The van der Waals surface area contributed by atoms with E-state index in [4.69, 9.17) is 4.74 Å². The van der Waals surface area contributed by atoms with Gasteiger partial charge in [-0.1, -0.05) is 6.07 Å². The number of rotatable bonds is 3. The van der Waals surface area contributed by atoms with Gasteiger partial charge < -0.3 is 4.74 Å². The maximum absolute atomic E-state index is 11.3. The van der Waals surface area contributed by atoms with E-state index in [1.807, 2.05) is 0 Å². The molecular formula is C11H15N3O3. The van der Waals surface area contributed by atoms with Crippen molar-refractivity contribution < 1.29 is 14.3 Å². The highest BCUT2D eigenvalue weighted by Gasteiger charge is 2.15. The zero-order valence-electron chi connectivity index (χ0n) is 9.98. The van der Waals surface area contributed by atoms with E-state index in [1.54, 1.807) is 39.0 Å². The van der Waals surface area contributed by atoms with Crippen LogP contribution in [0.25, 0.3) is 0 Å². The average Bonchev–Trinajstić information content (AvgIpc) is 2.24. The van der Waals surface area contributed by atoms with Gasteiger partial charge in [0.25, 0.3) is 0 Å². The van der Waals surface area contributed by atoms with Gasteiger partial charge in [-0.2, -0.15) is 0 Å². The summed E-state index contributed by atoms with van der Waals surface area (Å²) in [7, 11) is 0. The molecule has 0 spiro atoms. The number of nitrogens with zero attached hydrogens (tertiary/aromatic N) is 1. The molecule has 1 heterocycles. The Morgan fingerprint density at radius 3 is 2.71 bits per heavy atom. The number of carbonyl (C=O) groups excluding carboxylic acids is 2. The molecule has 0 aliphatic heterocycles. The van der Waals surface area contributed by atoms with Crippen molar-refractivity contribution in [3.05, 3.63) is 23.9 Å². The molecule has 0 unspecified atom stereocenters. The summed E-state index contributed by atoms with van der Waals surface area (Å²) in [4.78, 5) is 25.7. The van der Waals surface area contributed by atoms with Gasteiger partial charge in [-0.05, 0) is 32.9 Å². The second-order valence-electron chi connectivity index (χ2n) is 4.32. The van der Waals surface area contributed by atoms with Gasteiger partial charge in [0.15, 0.2) is 6.29 Å². The normalized spacial score (nSPS) is 10.5. The number of hydrogen-bond donors (Lipinski definition) is 2. The molecule has 0 radical (unpaired) electrons. The van der Waals surface area contributed by atoms with Crippen molar-refractivity contribution in [3.8, 4) is 0 Å². The minimum Gasteiger partial charge on any atom is -0.443 e. The number of aldehydes is 1. The van der Waals surface area contributed by atoms with Gasteiger partial charge in [-0.15, -0.1) is 0 Å². The van der Waals surface area contributed by atoms with E-state index < -0.39 is 11.7 Å². The molecule has 0 aliphatic rings. The van der Waals surface area contributed by atoms with Crippen LogP contribution >= 0.6 is 0 Å². The smallest absolute Gasteiger partial charge is 0.426 e. The molecule has 92 valence electrons. The quantitative estimate of drug-likeness (QED) is 0.618. The number of pyridine rings is 1. The molecule has 6 nitrogen and oxygen atoms in total. The summed E-state index contributed by atoms with van der Waals surface area (Å²) >= 11 is 0. The fourth-order valence-corrected chi connectivity index (χ4v) is 1.01. The first-order valence-electron chi connectivity index (χ1n) is 5.08. The van der Waals surface area contributed by atoms with Crippen LogP contribution in [-0.2, 0) is 4.74 Å². The lowest BCUT2D eigenvalue weighted by molar-refractivity contribution is 0.0541. The summed E-state index contributed by atoms with van der Waals surface area (Å²) in [6, 6.07) is 4.83.